The van der Waals surface area contributed by atoms with Gasteiger partial charge in [-0.1, -0.05) is 20.3 Å². The maximum Gasteiger partial charge on any atom is 0.136 e. The van der Waals surface area contributed by atoms with Crippen LogP contribution in [0.1, 0.15) is 38.2 Å². The van der Waals surface area contributed by atoms with Crippen molar-refractivity contribution in [2.24, 2.45) is 0 Å². The quantitative estimate of drug-likeness (QED) is 0.722. The molecule has 0 radical (unpaired) electrons. The second kappa shape index (κ2) is 3.82. The van der Waals surface area contributed by atoms with Crippen LogP contribution in [0.3, 0.4) is 0 Å². The summed E-state index contributed by atoms with van der Waals surface area (Å²) < 4.78 is 2.04. The van der Waals surface area contributed by atoms with Crippen LogP contribution in [-0.2, 0) is 0 Å². The van der Waals surface area contributed by atoms with Crippen molar-refractivity contribution in [2.45, 2.75) is 32.6 Å². The summed E-state index contributed by atoms with van der Waals surface area (Å²) in [4.78, 5) is 4.28. The monoisotopic (exact) mass is 188 g/mol. The van der Waals surface area contributed by atoms with Gasteiger partial charge in [0.2, 0.25) is 0 Å². The van der Waals surface area contributed by atoms with Crippen LogP contribution >= 0.6 is 0 Å². The number of pyridine rings is 1. The van der Waals surface area contributed by atoms with Crippen LogP contribution in [0.4, 0.5) is 0 Å². The fourth-order valence-corrected chi connectivity index (χ4v) is 1.83. The molecule has 0 spiro atoms. The lowest BCUT2D eigenvalue weighted by Crippen LogP contribution is -1.94. The molecule has 0 saturated carbocycles. The van der Waals surface area contributed by atoms with E-state index in [9.17, 15) is 0 Å². The molecule has 0 fully saturated rings. The van der Waals surface area contributed by atoms with Gasteiger partial charge in [0.15, 0.2) is 0 Å². The number of nitrogens with zero attached hydrogens (tertiary/aromatic N) is 2. The highest BCUT2D eigenvalue weighted by molar-refractivity contribution is 5.42. The van der Waals surface area contributed by atoms with Gasteiger partial charge in [0.25, 0.3) is 0 Å². The molecule has 74 valence electrons. The lowest BCUT2D eigenvalue weighted by atomic mass is 9.98. The Morgan fingerprint density at radius 3 is 3.07 bits per heavy atom. The van der Waals surface area contributed by atoms with Crippen LogP contribution in [-0.4, -0.2) is 9.38 Å². The molecule has 2 aromatic heterocycles. The van der Waals surface area contributed by atoms with Crippen LogP contribution in [0, 0.1) is 0 Å². The average molecular weight is 188 g/mol. The van der Waals surface area contributed by atoms with E-state index in [0.29, 0.717) is 5.92 Å². The SMILES string of the molecule is CCCC(C)c1ccn2ccnc2c1. The third-order valence-electron chi connectivity index (χ3n) is 2.71. The number of aromatic nitrogens is 2. The zero-order valence-electron chi connectivity index (χ0n) is 8.77. The summed E-state index contributed by atoms with van der Waals surface area (Å²) in [5.41, 5.74) is 2.44. The van der Waals surface area contributed by atoms with Gasteiger partial charge in [-0.3, -0.25) is 0 Å². The fourth-order valence-electron chi connectivity index (χ4n) is 1.83. The van der Waals surface area contributed by atoms with Gasteiger partial charge in [-0.2, -0.15) is 0 Å². The van der Waals surface area contributed by atoms with Crippen LogP contribution in [0.5, 0.6) is 0 Å². The second-order valence-electron chi connectivity index (χ2n) is 3.84. The highest BCUT2D eigenvalue weighted by Gasteiger charge is 2.05. The molecule has 2 aromatic rings. The minimum Gasteiger partial charge on any atom is -0.307 e. The molecular formula is C12H16N2. The summed E-state index contributed by atoms with van der Waals surface area (Å²) in [5.74, 6) is 0.640. The van der Waals surface area contributed by atoms with Crippen molar-refractivity contribution in [3.63, 3.8) is 0 Å². The van der Waals surface area contributed by atoms with E-state index in [2.05, 4.69) is 37.2 Å². The molecule has 0 saturated heterocycles. The predicted octanol–water partition coefficient (Wildman–Crippen LogP) is 3.24. The summed E-state index contributed by atoms with van der Waals surface area (Å²) >= 11 is 0. The Bertz CT molecular complexity index is 417. The molecule has 0 aliphatic rings. The highest BCUT2D eigenvalue weighted by Crippen LogP contribution is 2.21. The first-order valence-electron chi connectivity index (χ1n) is 5.24. The molecule has 2 nitrogen and oxygen atoms in total. The Kier molecular flexibility index (Phi) is 2.53. The van der Waals surface area contributed by atoms with Crippen molar-refractivity contribution in [1.29, 1.82) is 0 Å². The summed E-state index contributed by atoms with van der Waals surface area (Å²) in [6.07, 6.45) is 8.38. The third-order valence-corrected chi connectivity index (χ3v) is 2.71. The number of hydrogen-bond acceptors (Lipinski definition) is 1. The van der Waals surface area contributed by atoms with Gasteiger partial charge >= 0.3 is 0 Å². The van der Waals surface area contributed by atoms with Crippen LogP contribution in [0.25, 0.3) is 5.65 Å². The maximum absolute atomic E-state index is 4.28. The molecular weight excluding hydrogens is 172 g/mol. The van der Waals surface area contributed by atoms with Gasteiger partial charge in [0.05, 0.1) is 0 Å². The zero-order valence-corrected chi connectivity index (χ0v) is 8.77. The van der Waals surface area contributed by atoms with E-state index in [-0.39, 0.29) is 0 Å². The molecule has 0 aliphatic heterocycles. The topological polar surface area (TPSA) is 17.3 Å². The lowest BCUT2D eigenvalue weighted by Gasteiger charge is -2.10. The van der Waals surface area contributed by atoms with Gasteiger partial charge in [-0.05, 0) is 30.0 Å². The molecule has 0 N–H and O–H groups in total. The Balaban J connectivity index is 2.33. The largest absolute Gasteiger partial charge is 0.307 e. The fraction of sp³-hybridized carbons (Fsp3) is 0.417. The first-order valence-corrected chi connectivity index (χ1v) is 5.24. The van der Waals surface area contributed by atoms with Crippen molar-refractivity contribution in [3.8, 4) is 0 Å². The smallest absolute Gasteiger partial charge is 0.136 e. The van der Waals surface area contributed by atoms with Crippen molar-refractivity contribution < 1.29 is 0 Å². The van der Waals surface area contributed by atoms with Gasteiger partial charge in [-0.25, -0.2) is 4.98 Å². The Hall–Kier alpha value is -1.31. The Morgan fingerprint density at radius 1 is 1.43 bits per heavy atom. The molecule has 14 heavy (non-hydrogen) atoms. The van der Waals surface area contributed by atoms with Gasteiger partial charge in [-0.15, -0.1) is 0 Å². The Morgan fingerprint density at radius 2 is 2.29 bits per heavy atom. The highest BCUT2D eigenvalue weighted by atomic mass is 15.0. The standard InChI is InChI=1S/C12H16N2/c1-3-4-10(2)11-5-7-14-8-6-13-12(14)9-11/h5-10H,3-4H2,1-2H3. The molecule has 0 aromatic carbocycles. The first-order chi connectivity index (χ1) is 6.81. The molecule has 0 amide bonds. The Labute approximate surface area is 84.6 Å². The van der Waals surface area contributed by atoms with Crippen molar-refractivity contribution in [2.75, 3.05) is 0 Å². The molecule has 1 atom stereocenters. The van der Waals surface area contributed by atoms with E-state index in [1.807, 2.05) is 16.8 Å². The van der Waals surface area contributed by atoms with Crippen molar-refractivity contribution in [1.82, 2.24) is 9.38 Å². The van der Waals surface area contributed by atoms with Gasteiger partial charge in [0, 0.05) is 18.6 Å². The van der Waals surface area contributed by atoms with Crippen LogP contribution in [0.2, 0.25) is 0 Å². The summed E-state index contributed by atoms with van der Waals surface area (Å²) in [6, 6.07) is 4.37. The van der Waals surface area contributed by atoms with E-state index >= 15 is 0 Å². The molecule has 2 heterocycles. The average Bonchev–Trinajstić information content (AvgIpc) is 2.64. The molecule has 2 heteroatoms. The van der Waals surface area contributed by atoms with Crippen molar-refractivity contribution in [3.05, 3.63) is 36.3 Å². The number of hydrogen-bond donors (Lipinski definition) is 0. The van der Waals surface area contributed by atoms with E-state index in [1.54, 1.807) is 0 Å². The van der Waals surface area contributed by atoms with Crippen molar-refractivity contribution >= 4 is 5.65 Å². The number of rotatable bonds is 3. The molecule has 2 rings (SSSR count). The second-order valence-corrected chi connectivity index (χ2v) is 3.84. The third kappa shape index (κ3) is 1.65. The van der Waals surface area contributed by atoms with E-state index in [0.717, 1.165) is 5.65 Å². The minimum absolute atomic E-state index is 0.640. The summed E-state index contributed by atoms with van der Waals surface area (Å²) in [5, 5.41) is 0. The molecule has 1 unspecified atom stereocenters. The van der Waals surface area contributed by atoms with E-state index in [4.69, 9.17) is 0 Å². The first kappa shape index (κ1) is 9.25. The van der Waals surface area contributed by atoms with Gasteiger partial charge in [0.1, 0.15) is 5.65 Å². The zero-order chi connectivity index (χ0) is 9.97. The predicted molar refractivity (Wildman–Crippen MR) is 58.5 cm³/mol. The van der Waals surface area contributed by atoms with Gasteiger partial charge < -0.3 is 4.40 Å². The lowest BCUT2D eigenvalue weighted by molar-refractivity contribution is 0.664. The summed E-state index contributed by atoms with van der Waals surface area (Å²) in [7, 11) is 0. The summed E-state index contributed by atoms with van der Waals surface area (Å²) in [6.45, 7) is 4.50. The normalized spacial score (nSPS) is 13.3. The van der Waals surface area contributed by atoms with Crippen LogP contribution in [0.15, 0.2) is 30.7 Å². The number of imidazole rings is 1. The molecule has 0 aliphatic carbocycles. The van der Waals surface area contributed by atoms with E-state index < -0.39 is 0 Å². The van der Waals surface area contributed by atoms with Crippen LogP contribution < -0.4 is 0 Å². The maximum atomic E-state index is 4.28. The molecule has 0 bridgehead atoms. The van der Waals surface area contributed by atoms with E-state index in [1.165, 1.54) is 18.4 Å². The minimum atomic E-state index is 0.640. The number of fused-ring (bicyclic) bond motifs is 1.